The molecule has 9 nitrogen and oxygen atoms in total. The van der Waals surface area contributed by atoms with Gasteiger partial charge in [-0.05, 0) is 38.1 Å². The van der Waals surface area contributed by atoms with Crippen LogP contribution in [-0.2, 0) is 19.5 Å². The molecule has 0 aliphatic carbocycles. The first kappa shape index (κ1) is 16.0. The summed E-state index contributed by atoms with van der Waals surface area (Å²) in [4.78, 5) is 13.5. The lowest BCUT2D eigenvalue weighted by Gasteiger charge is -2.19. The first-order valence-corrected chi connectivity index (χ1v) is 8.80. The molecule has 0 unspecified atom stereocenters. The summed E-state index contributed by atoms with van der Waals surface area (Å²) < 4.78 is 16.1. The number of aromatic nitrogens is 4. The summed E-state index contributed by atoms with van der Waals surface area (Å²) in [7, 11) is 0. The predicted molar refractivity (Wildman–Crippen MR) is 95.4 cm³/mol. The lowest BCUT2D eigenvalue weighted by atomic mass is 10.1. The lowest BCUT2D eigenvalue weighted by Crippen LogP contribution is -2.26. The molecule has 9 heteroatoms. The second-order valence-electron chi connectivity index (χ2n) is 6.41. The van der Waals surface area contributed by atoms with Gasteiger partial charge in [0, 0.05) is 17.7 Å². The minimum absolute atomic E-state index is 0.232. The Hall–Kier alpha value is -3.20. The van der Waals surface area contributed by atoms with Gasteiger partial charge in [0.15, 0.2) is 17.3 Å². The number of ether oxygens (including phenoxy) is 2. The van der Waals surface area contributed by atoms with E-state index in [1.807, 2.05) is 25.1 Å². The molecular formula is C18H18N6O3. The number of rotatable bonds is 4. The Bertz CT molecular complexity index is 1000. The molecule has 2 aliphatic heterocycles. The average Bonchev–Trinajstić information content (AvgIpc) is 3.34. The maximum absolute atomic E-state index is 5.40. The molecule has 1 aromatic carbocycles. The minimum Gasteiger partial charge on any atom is -0.454 e. The molecule has 138 valence electrons. The molecule has 3 aromatic rings. The molecule has 0 radical (unpaired) electrons. The van der Waals surface area contributed by atoms with E-state index in [0.717, 1.165) is 53.7 Å². The molecule has 2 N–H and O–H groups in total. The van der Waals surface area contributed by atoms with Gasteiger partial charge in [0.25, 0.3) is 5.89 Å². The quantitative estimate of drug-likeness (QED) is 0.715. The zero-order valence-electron chi connectivity index (χ0n) is 14.8. The van der Waals surface area contributed by atoms with Crippen molar-refractivity contribution in [1.82, 2.24) is 25.4 Å². The molecule has 0 spiro atoms. The van der Waals surface area contributed by atoms with Gasteiger partial charge in [-0.15, -0.1) is 0 Å². The smallest absolute Gasteiger partial charge is 0.258 e. The fourth-order valence-electron chi connectivity index (χ4n) is 3.26. The lowest BCUT2D eigenvalue weighted by molar-refractivity contribution is 0.174. The molecule has 2 aliphatic rings. The van der Waals surface area contributed by atoms with Crippen molar-refractivity contribution in [2.24, 2.45) is 0 Å². The van der Waals surface area contributed by atoms with Gasteiger partial charge in [-0.25, -0.2) is 9.97 Å². The van der Waals surface area contributed by atoms with Crippen LogP contribution in [0.5, 0.6) is 11.5 Å². The number of aryl methyl sites for hydroxylation is 1. The Kier molecular flexibility index (Phi) is 3.86. The molecule has 0 saturated carbocycles. The van der Waals surface area contributed by atoms with Crippen LogP contribution >= 0.6 is 0 Å². The summed E-state index contributed by atoms with van der Waals surface area (Å²) >= 11 is 0. The first-order valence-electron chi connectivity index (χ1n) is 8.80. The van der Waals surface area contributed by atoms with E-state index in [4.69, 9.17) is 14.0 Å². The third-order valence-corrected chi connectivity index (χ3v) is 4.55. The van der Waals surface area contributed by atoms with E-state index in [1.165, 1.54) is 0 Å². The zero-order chi connectivity index (χ0) is 18.2. The van der Waals surface area contributed by atoms with Gasteiger partial charge in [0.1, 0.15) is 11.6 Å². The topological polar surface area (TPSA) is 107 Å². The second kappa shape index (κ2) is 6.51. The van der Waals surface area contributed by atoms with E-state index in [2.05, 4.69) is 30.7 Å². The molecule has 0 bridgehead atoms. The molecule has 0 amide bonds. The third-order valence-electron chi connectivity index (χ3n) is 4.55. The van der Waals surface area contributed by atoms with E-state index in [0.29, 0.717) is 24.0 Å². The Morgan fingerprint density at radius 1 is 1.15 bits per heavy atom. The summed E-state index contributed by atoms with van der Waals surface area (Å²) in [5, 5.41) is 10.7. The highest BCUT2D eigenvalue weighted by atomic mass is 16.7. The standard InChI is InChI=1S/C18H18N6O3/c1-10-21-13-7-19-5-4-12(13)17(22-10)20-8-16-23-18(27-24-16)11-2-3-14-15(6-11)26-9-25-14/h2-3,6,19H,4-5,7-9H2,1H3,(H,20,21,22). The zero-order valence-corrected chi connectivity index (χ0v) is 14.8. The SMILES string of the molecule is Cc1nc2c(c(NCc3noc(-c4ccc5c(c4)OCO5)n3)n1)CCNC2. The third kappa shape index (κ3) is 3.06. The molecular weight excluding hydrogens is 348 g/mol. The van der Waals surface area contributed by atoms with Crippen molar-refractivity contribution in [2.45, 2.75) is 26.4 Å². The van der Waals surface area contributed by atoms with Crippen molar-refractivity contribution in [2.75, 3.05) is 18.7 Å². The largest absolute Gasteiger partial charge is 0.454 e. The average molecular weight is 366 g/mol. The normalized spacial score (nSPS) is 14.9. The van der Waals surface area contributed by atoms with Crippen LogP contribution in [-0.4, -0.2) is 33.4 Å². The predicted octanol–water partition coefficient (Wildman–Crippen LogP) is 1.82. The van der Waals surface area contributed by atoms with Gasteiger partial charge in [-0.3, -0.25) is 0 Å². The summed E-state index contributed by atoms with van der Waals surface area (Å²) in [5.41, 5.74) is 2.99. The Labute approximate surface area is 155 Å². The second-order valence-corrected chi connectivity index (χ2v) is 6.41. The molecule has 0 fully saturated rings. The van der Waals surface area contributed by atoms with Gasteiger partial charge >= 0.3 is 0 Å². The molecule has 5 rings (SSSR count). The summed E-state index contributed by atoms with van der Waals surface area (Å²) in [5.74, 6) is 3.99. The molecule has 2 aromatic heterocycles. The number of nitrogens with one attached hydrogen (secondary N) is 2. The summed E-state index contributed by atoms with van der Waals surface area (Å²) in [6.07, 6.45) is 0.895. The number of anilines is 1. The molecule has 27 heavy (non-hydrogen) atoms. The summed E-state index contributed by atoms with van der Waals surface area (Å²) in [6.45, 7) is 4.24. The number of nitrogens with zero attached hydrogens (tertiary/aromatic N) is 4. The van der Waals surface area contributed by atoms with Crippen molar-refractivity contribution >= 4 is 5.82 Å². The van der Waals surface area contributed by atoms with Crippen molar-refractivity contribution in [1.29, 1.82) is 0 Å². The summed E-state index contributed by atoms with van der Waals surface area (Å²) in [6, 6.07) is 5.55. The first-order chi connectivity index (χ1) is 13.3. The number of fused-ring (bicyclic) bond motifs is 2. The van der Waals surface area contributed by atoms with E-state index in [-0.39, 0.29) is 6.79 Å². The molecule has 4 heterocycles. The van der Waals surface area contributed by atoms with Crippen LogP contribution < -0.4 is 20.1 Å². The van der Waals surface area contributed by atoms with Crippen LogP contribution in [0.2, 0.25) is 0 Å². The molecule has 0 saturated heterocycles. The number of benzene rings is 1. The van der Waals surface area contributed by atoms with Crippen LogP contribution in [0, 0.1) is 6.92 Å². The van der Waals surface area contributed by atoms with Gasteiger partial charge in [-0.2, -0.15) is 4.98 Å². The maximum Gasteiger partial charge on any atom is 0.258 e. The Morgan fingerprint density at radius 2 is 2.07 bits per heavy atom. The van der Waals surface area contributed by atoms with Crippen LogP contribution in [0.25, 0.3) is 11.5 Å². The van der Waals surface area contributed by atoms with E-state index in [9.17, 15) is 0 Å². The van der Waals surface area contributed by atoms with Crippen LogP contribution in [0.15, 0.2) is 22.7 Å². The fraction of sp³-hybridized carbons (Fsp3) is 0.333. The van der Waals surface area contributed by atoms with Gasteiger partial charge in [0.2, 0.25) is 6.79 Å². The van der Waals surface area contributed by atoms with Gasteiger partial charge in [-0.1, -0.05) is 5.16 Å². The highest BCUT2D eigenvalue weighted by Gasteiger charge is 2.19. The highest BCUT2D eigenvalue weighted by Crippen LogP contribution is 2.35. The van der Waals surface area contributed by atoms with Crippen molar-refractivity contribution in [3.63, 3.8) is 0 Å². The van der Waals surface area contributed by atoms with Crippen LogP contribution in [0.4, 0.5) is 5.82 Å². The number of hydrogen-bond acceptors (Lipinski definition) is 9. The van der Waals surface area contributed by atoms with Crippen molar-refractivity contribution in [3.05, 3.63) is 41.1 Å². The van der Waals surface area contributed by atoms with Crippen LogP contribution in [0.1, 0.15) is 22.9 Å². The van der Waals surface area contributed by atoms with Gasteiger partial charge in [0.05, 0.1) is 12.2 Å². The maximum atomic E-state index is 5.40. The van der Waals surface area contributed by atoms with E-state index in [1.54, 1.807) is 0 Å². The van der Waals surface area contributed by atoms with Gasteiger partial charge < -0.3 is 24.6 Å². The van der Waals surface area contributed by atoms with Crippen molar-refractivity contribution in [3.8, 4) is 23.0 Å². The Morgan fingerprint density at radius 3 is 3.04 bits per heavy atom. The molecule has 0 atom stereocenters. The number of hydrogen-bond donors (Lipinski definition) is 2. The highest BCUT2D eigenvalue weighted by molar-refractivity contribution is 5.60. The monoisotopic (exact) mass is 366 g/mol. The minimum atomic E-state index is 0.232. The van der Waals surface area contributed by atoms with Crippen LogP contribution in [0.3, 0.4) is 0 Å². The van der Waals surface area contributed by atoms with E-state index >= 15 is 0 Å². The van der Waals surface area contributed by atoms with E-state index < -0.39 is 0 Å². The Balaban J connectivity index is 1.34. The fourth-order valence-corrected chi connectivity index (χ4v) is 3.26. The van der Waals surface area contributed by atoms with Crippen molar-refractivity contribution < 1.29 is 14.0 Å².